The Morgan fingerprint density at radius 1 is 1.50 bits per heavy atom. The maximum absolute atomic E-state index is 5.09. The van der Waals surface area contributed by atoms with Gasteiger partial charge in [0.1, 0.15) is 0 Å². The minimum absolute atomic E-state index is 0.273. The fourth-order valence-corrected chi connectivity index (χ4v) is 2.19. The molecule has 0 N–H and O–H groups in total. The SMILES string of the molecule is CC(C1CC=C(c2ccoc2)C=N1)n1ccnc1. The van der Waals surface area contributed by atoms with Gasteiger partial charge in [0.2, 0.25) is 0 Å². The molecule has 0 saturated heterocycles. The second-order valence-corrected chi connectivity index (χ2v) is 4.50. The number of aromatic nitrogens is 2. The maximum Gasteiger partial charge on any atom is 0.0981 e. The molecule has 0 bridgehead atoms. The second kappa shape index (κ2) is 4.64. The van der Waals surface area contributed by atoms with Crippen molar-refractivity contribution in [1.82, 2.24) is 9.55 Å². The van der Waals surface area contributed by atoms with Gasteiger partial charge in [-0.05, 0) is 25.0 Å². The first-order valence-corrected chi connectivity index (χ1v) is 6.08. The van der Waals surface area contributed by atoms with Crippen molar-refractivity contribution in [2.45, 2.75) is 25.4 Å². The second-order valence-electron chi connectivity index (χ2n) is 4.50. The van der Waals surface area contributed by atoms with Crippen LogP contribution in [0.3, 0.4) is 0 Å². The molecule has 2 unspecified atom stereocenters. The van der Waals surface area contributed by atoms with Crippen LogP contribution in [0.15, 0.2) is 52.8 Å². The van der Waals surface area contributed by atoms with E-state index in [9.17, 15) is 0 Å². The number of hydrogen-bond donors (Lipinski definition) is 0. The summed E-state index contributed by atoms with van der Waals surface area (Å²) in [6.07, 6.45) is 14.2. The Kier molecular flexibility index (Phi) is 2.84. The van der Waals surface area contributed by atoms with Gasteiger partial charge in [-0.1, -0.05) is 6.08 Å². The Balaban J connectivity index is 1.72. The lowest BCUT2D eigenvalue weighted by Crippen LogP contribution is -2.20. The third-order valence-electron chi connectivity index (χ3n) is 3.39. The van der Waals surface area contributed by atoms with E-state index in [0.717, 1.165) is 17.6 Å². The molecule has 2 aromatic rings. The Bertz CT molecular complexity index is 552. The van der Waals surface area contributed by atoms with Gasteiger partial charge < -0.3 is 8.98 Å². The van der Waals surface area contributed by atoms with Crippen LogP contribution >= 0.6 is 0 Å². The van der Waals surface area contributed by atoms with Crippen molar-refractivity contribution >= 4 is 11.8 Å². The van der Waals surface area contributed by atoms with Crippen LogP contribution in [0.4, 0.5) is 0 Å². The third-order valence-corrected chi connectivity index (χ3v) is 3.39. The van der Waals surface area contributed by atoms with Crippen LogP contribution in [0.25, 0.3) is 5.57 Å². The predicted octanol–water partition coefficient (Wildman–Crippen LogP) is 2.96. The van der Waals surface area contributed by atoms with Crippen molar-refractivity contribution in [2.24, 2.45) is 4.99 Å². The van der Waals surface area contributed by atoms with E-state index in [1.807, 2.05) is 24.8 Å². The number of dihydropyridines is 1. The fraction of sp³-hybridized carbons (Fsp3) is 0.286. The van der Waals surface area contributed by atoms with Crippen molar-refractivity contribution in [3.8, 4) is 0 Å². The highest BCUT2D eigenvalue weighted by Gasteiger charge is 2.19. The average molecular weight is 241 g/mol. The normalized spacial score (nSPS) is 20.7. The Morgan fingerprint density at radius 2 is 2.44 bits per heavy atom. The highest BCUT2D eigenvalue weighted by atomic mass is 16.3. The Morgan fingerprint density at radius 3 is 3.06 bits per heavy atom. The van der Waals surface area contributed by atoms with Crippen LogP contribution in [0, 0.1) is 0 Å². The number of rotatable bonds is 3. The standard InChI is InChI=1S/C14H15N3O/c1-11(17-6-5-15-10-17)14-3-2-12(8-16-14)13-4-7-18-9-13/h2,4-11,14H,3H2,1H3. The molecule has 2 aromatic heterocycles. The molecule has 92 valence electrons. The molecule has 0 saturated carbocycles. The van der Waals surface area contributed by atoms with Crippen LogP contribution in [-0.4, -0.2) is 21.8 Å². The lowest BCUT2D eigenvalue weighted by atomic mass is 9.99. The molecule has 1 aliphatic heterocycles. The monoisotopic (exact) mass is 241 g/mol. The van der Waals surface area contributed by atoms with E-state index in [1.54, 1.807) is 18.7 Å². The van der Waals surface area contributed by atoms with E-state index in [0.29, 0.717) is 6.04 Å². The van der Waals surface area contributed by atoms with Crippen molar-refractivity contribution in [3.05, 3.63) is 49.0 Å². The molecule has 18 heavy (non-hydrogen) atoms. The minimum atomic E-state index is 0.273. The zero-order valence-electron chi connectivity index (χ0n) is 10.2. The zero-order valence-corrected chi connectivity index (χ0v) is 10.2. The first-order valence-electron chi connectivity index (χ1n) is 6.08. The van der Waals surface area contributed by atoms with E-state index in [2.05, 4.69) is 27.5 Å². The number of imidazole rings is 1. The quantitative estimate of drug-likeness (QED) is 0.829. The van der Waals surface area contributed by atoms with E-state index in [-0.39, 0.29) is 6.04 Å². The van der Waals surface area contributed by atoms with Gasteiger partial charge in [0, 0.05) is 24.2 Å². The van der Waals surface area contributed by atoms with Gasteiger partial charge in [0.25, 0.3) is 0 Å². The molecule has 0 radical (unpaired) electrons. The van der Waals surface area contributed by atoms with E-state index >= 15 is 0 Å². The van der Waals surface area contributed by atoms with Crippen molar-refractivity contribution in [1.29, 1.82) is 0 Å². The van der Waals surface area contributed by atoms with Gasteiger partial charge in [-0.15, -0.1) is 0 Å². The summed E-state index contributed by atoms with van der Waals surface area (Å²) in [6, 6.07) is 2.55. The smallest absolute Gasteiger partial charge is 0.0981 e. The molecule has 0 aliphatic carbocycles. The molecule has 1 aliphatic rings. The van der Waals surface area contributed by atoms with Crippen LogP contribution < -0.4 is 0 Å². The summed E-state index contributed by atoms with van der Waals surface area (Å²) in [6.45, 7) is 2.17. The topological polar surface area (TPSA) is 43.3 Å². The van der Waals surface area contributed by atoms with E-state index in [1.165, 1.54) is 0 Å². The van der Waals surface area contributed by atoms with Gasteiger partial charge in [-0.3, -0.25) is 4.99 Å². The molecular formula is C14H15N3O. The molecule has 2 atom stereocenters. The number of aliphatic imine (C=N–C) groups is 1. The summed E-state index contributed by atoms with van der Waals surface area (Å²) in [5.41, 5.74) is 2.23. The fourth-order valence-electron chi connectivity index (χ4n) is 2.19. The van der Waals surface area contributed by atoms with Gasteiger partial charge >= 0.3 is 0 Å². The predicted molar refractivity (Wildman–Crippen MR) is 70.5 cm³/mol. The largest absolute Gasteiger partial charge is 0.472 e. The zero-order chi connectivity index (χ0) is 12.4. The van der Waals surface area contributed by atoms with Crippen molar-refractivity contribution < 1.29 is 4.42 Å². The highest BCUT2D eigenvalue weighted by molar-refractivity contribution is 6.10. The summed E-state index contributed by atoms with van der Waals surface area (Å²) in [5, 5.41) is 0. The van der Waals surface area contributed by atoms with E-state index < -0.39 is 0 Å². The Labute approximate surface area is 106 Å². The molecule has 0 aromatic carbocycles. The summed E-state index contributed by atoms with van der Waals surface area (Å²) in [4.78, 5) is 8.72. The molecule has 0 fully saturated rings. The van der Waals surface area contributed by atoms with Gasteiger partial charge in [-0.2, -0.15) is 0 Å². The molecule has 3 heterocycles. The summed E-state index contributed by atoms with van der Waals surface area (Å²) < 4.78 is 7.18. The average Bonchev–Trinajstić information content (AvgIpc) is 3.11. The number of nitrogens with zero attached hydrogens (tertiary/aromatic N) is 3. The summed E-state index contributed by atoms with van der Waals surface area (Å²) >= 11 is 0. The first kappa shape index (κ1) is 11.0. The lowest BCUT2D eigenvalue weighted by molar-refractivity contribution is 0.444. The number of hydrogen-bond acceptors (Lipinski definition) is 3. The highest BCUT2D eigenvalue weighted by Crippen LogP contribution is 2.24. The number of allylic oxidation sites excluding steroid dienone is 1. The lowest BCUT2D eigenvalue weighted by Gasteiger charge is -2.23. The molecule has 4 heteroatoms. The number of furan rings is 1. The van der Waals surface area contributed by atoms with Gasteiger partial charge in [-0.25, -0.2) is 4.98 Å². The van der Waals surface area contributed by atoms with Crippen LogP contribution in [0.2, 0.25) is 0 Å². The third kappa shape index (κ3) is 2.01. The van der Waals surface area contributed by atoms with Crippen molar-refractivity contribution in [2.75, 3.05) is 0 Å². The molecule has 4 nitrogen and oxygen atoms in total. The summed E-state index contributed by atoms with van der Waals surface area (Å²) in [7, 11) is 0. The first-order chi connectivity index (χ1) is 8.84. The minimum Gasteiger partial charge on any atom is -0.472 e. The van der Waals surface area contributed by atoms with Crippen LogP contribution in [0.5, 0.6) is 0 Å². The van der Waals surface area contributed by atoms with Crippen LogP contribution in [-0.2, 0) is 0 Å². The van der Waals surface area contributed by atoms with Crippen LogP contribution in [0.1, 0.15) is 24.9 Å². The molecule has 0 amide bonds. The molecule has 3 rings (SSSR count). The molecular weight excluding hydrogens is 226 g/mol. The maximum atomic E-state index is 5.09. The van der Waals surface area contributed by atoms with E-state index in [4.69, 9.17) is 4.42 Å². The van der Waals surface area contributed by atoms with Gasteiger partial charge in [0.05, 0.1) is 30.9 Å². The summed E-state index contributed by atoms with van der Waals surface area (Å²) in [5.74, 6) is 0. The Hall–Kier alpha value is -2.10. The van der Waals surface area contributed by atoms with Gasteiger partial charge in [0.15, 0.2) is 0 Å². The molecule has 0 spiro atoms. The van der Waals surface area contributed by atoms with Crippen molar-refractivity contribution in [3.63, 3.8) is 0 Å².